The molecule has 1 atom stereocenters. The van der Waals surface area contributed by atoms with Crippen LogP contribution in [-0.4, -0.2) is 45.5 Å². The molecular formula is C15H20N2O6S. The molecular weight excluding hydrogens is 336 g/mol. The average molecular weight is 356 g/mol. The topological polar surface area (TPSA) is 111 Å². The zero-order valence-corrected chi connectivity index (χ0v) is 14.1. The maximum Gasteiger partial charge on any atom is 0.276 e. The van der Waals surface area contributed by atoms with Gasteiger partial charge in [-0.05, 0) is 24.5 Å². The van der Waals surface area contributed by atoms with E-state index in [0.29, 0.717) is 17.9 Å². The number of carbonyl (C=O) groups excluding carboxylic acids is 2. The van der Waals surface area contributed by atoms with Crippen LogP contribution in [0.15, 0.2) is 24.3 Å². The third-order valence-corrected chi connectivity index (χ3v) is 5.41. The molecule has 0 radical (unpaired) electrons. The molecule has 0 spiro atoms. The van der Waals surface area contributed by atoms with Gasteiger partial charge in [0.1, 0.15) is 0 Å². The van der Waals surface area contributed by atoms with Gasteiger partial charge in [-0.25, -0.2) is 8.42 Å². The number of hydrogen-bond donors (Lipinski definition) is 2. The molecule has 1 heterocycles. The number of rotatable bonds is 6. The van der Waals surface area contributed by atoms with Crippen molar-refractivity contribution in [3.05, 3.63) is 24.3 Å². The minimum atomic E-state index is -3.02. The van der Waals surface area contributed by atoms with Gasteiger partial charge < -0.3 is 9.47 Å². The van der Waals surface area contributed by atoms with Crippen LogP contribution in [0.25, 0.3) is 0 Å². The lowest BCUT2D eigenvalue weighted by Gasteiger charge is -2.12. The fourth-order valence-corrected chi connectivity index (χ4v) is 4.26. The Hall–Kier alpha value is -2.29. The van der Waals surface area contributed by atoms with E-state index < -0.39 is 21.7 Å². The number of amides is 2. The zero-order chi connectivity index (χ0) is 17.6. The third kappa shape index (κ3) is 5.41. The Bertz CT molecular complexity index is 704. The van der Waals surface area contributed by atoms with E-state index in [2.05, 4.69) is 10.9 Å². The largest absolute Gasteiger partial charge is 0.493 e. The summed E-state index contributed by atoms with van der Waals surface area (Å²) in [5, 5.41) is 0. The van der Waals surface area contributed by atoms with E-state index in [1.165, 1.54) is 7.11 Å². The van der Waals surface area contributed by atoms with E-state index in [4.69, 9.17) is 9.47 Å². The summed E-state index contributed by atoms with van der Waals surface area (Å²) in [6.07, 6.45) is 0.535. The standard InChI is InChI=1S/C15H20N2O6S/c1-22-12-4-2-3-5-13(12)23-9-15(19)17-16-14(18)8-11-6-7-24(20,21)10-11/h2-5,11H,6-10H2,1H3,(H,16,18)(H,17,19). The van der Waals surface area contributed by atoms with Crippen molar-refractivity contribution in [2.75, 3.05) is 25.2 Å². The number of benzene rings is 1. The Morgan fingerprint density at radius 2 is 1.83 bits per heavy atom. The Labute approximate surface area is 140 Å². The smallest absolute Gasteiger partial charge is 0.276 e. The van der Waals surface area contributed by atoms with Crippen molar-refractivity contribution in [2.24, 2.45) is 5.92 Å². The van der Waals surface area contributed by atoms with E-state index in [1.807, 2.05) is 0 Å². The average Bonchev–Trinajstić information content (AvgIpc) is 2.89. The van der Waals surface area contributed by atoms with Gasteiger partial charge in [-0.15, -0.1) is 0 Å². The molecule has 1 aliphatic heterocycles. The Kier molecular flexibility index (Phi) is 6.02. The van der Waals surface area contributed by atoms with Gasteiger partial charge >= 0.3 is 0 Å². The lowest BCUT2D eigenvalue weighted by molar-refractivity contribution is -0.130. The van der Waals surface area contributed by atoms with Gasteiger partial charge in [-0.2, -0.15) is 0 Å². The van der Waals surface area contributed by atoms with Crippen LogP contribution in [0.2, 0.25) is 0 Å². The first-order chi connectivity index (χ1) is 11.4. The summed E-state index contributed by atoms with van der Waals surface area (Å²) in [6, 6.07) is 6.87. The molecule has 1 aliphatic rings. The van der Waals surface area contributed by atoms with Crippen LogP contribution in [-0.2, 0) is 19.4 Å². The maximum absolute atomic E-state index is 11.7. The molecule has 0 saturated carbocycles. The van der Waals surface area contributed by atoms with E-state index in [0.717, 1.165) is 0 Å². The van der Waals surface area contributed by atoms with Gasteiger partial charge in [0.25, 0.3) is 5.91 Å². The van der Waals surface area contributed by atoms with Crippen molar-refractivity contribution in [2.45, 2.75) is 12.8 Å². The van der Waals surface area contributed by atoms with Crippen LogP contribution in [0.5, 0.6) is 11.5 Å². The monoisotopic (exact) mass is 356 g/mol. The molecule has 0 bridgehead atoms. The zero-order valence-electron chi connectivity index (χ0n) is 13.3. The summed E-state index contributed by atoms with van der Waals surface area (Å²) in [5.41, 5.74) is 4.49. The first-order valence-corrected chi connectivity index (χ1v) is 9.25. The summed E-state index contributed by atoms with van der Waals surface area (Å²) < 4.78 is 33.1. The van der Waals surface area contributed by atoms with Crippen LogP contribution in [0, 0.1) is 5.92 Å². The second-order valence-electron chi connectivity index (χ2n) is 5.51. The van der Waals surface area contributed by atoms with Gasteiger partial charge in [0.2, 0.25) is 5.91 Å². The second kappa shape index (κ2) is 8.00. The van der Waals surface area contributed by atoms with Gasteiger partial charge in [0.05, 0.1) is 18.6 Å². The molecule has 1 saturated heterocycles. The van der Waals surface area contributed by atoms with Crippen LogP contribution < -0.4 is 20.3 Å². The van der Waals surface area contributed by atoms with Gasteiger partial charge in [0, 0.05) is 6.42 Å². The molecule has 0 aliphatic carbocycles. The second-order valence-corrected chi connectivity index (χ2v) is 7.74. The number of methoxy groups -OCH3 is 1. The highest BCUT2D eigenvalue weighted by Crippen LogP contribution is 2.25. The number of para-hydroxylation sites is 2. The van der Waals surface area contributed by atoms with Crippen LogP contribution >= 0.6 is 0 Å². The molecule has 1 fully saturated rings. The molecule has 2 N–H and O–H groups in total. The summed E-state index contributed by atoms with van der Waals surface area (Å²) in [7, 11) is -1.53. The molecule has 132 valence electrons. The first-order valence-electron chi connectivity index (χ1n) is 7.43. The Morgan fingerprint density at radius 3 is 2.46 bits per heavy atom. The van der Waals surface area contributed by atoms with E-state index in [1.54, 1.807) is 24.3 Å². The van der Waals surface area contributed by atoms with Gasteiger partial charge in [0.15, 0.2) is 27.9 Å². The van der Waals surface area contributed by atoms with Crippen molar-refractivity contribution < 1.29 is 27.5 Å². The molecule has 1 aromatic carbocycles. The van der Waals surface area contributed by atoms with E-state index in [-0.39, 0.29) is 30.5 Å². The molecule has 2 amide bonds. The lowest BCUT2D eigenvalue weighted by Crippen LogP contribution is -2.44. The molecule has 2 rings (SSSR count). The van der Waals surface area contributed by atoms with Crippen LogP contribution in [0.1, 0.15) is 12.8 Å². The highest BCUT2D eigenvalue weighted by Gasteiger charge is 2.29. The van der Waals surface area contributed by atoms with Gasteiger partial charge in [-0.3, -0.25) is 20.4 Å². The maximum atomic E-state index is 11.7. The highest BCUT2D eigenvalue weighted by molar-refractivity contribution is 7.91. The van der Waals surface area contributed by atoms with E-state index in [9.17, 15) is 18.0 Å². The van der Waals surface area contributed by atoms with Crippen LogP contribution in [0.3, 0.4) is 0 Å². The normalized spacial score (nSPS) is 18.6. The first kappa shape index (κ1) is 18.1. The highest BCUT2D eigenvalue weighted by atomic mass is 32.2. The van der Waals surface area contributed by atoms with Crippen molar-refractivity contribution in [1.29, 1.82) is 0 Å². The van der Waals surface area contributed by atoms with Crippen molar-refractivity contribution in [1.82, 2.24) is 10.9 Å². The minimum Gasteiger partial charge on any atom is -0.493 e. The number of nitrogens with one attached hydrogen (secondary N) is 2. The molecule has 9 heteroatoms. The van der Waals surface area contributed by atoms with E-state index >= 15 is 0 Å². The summed E-state index contributed by atoms with van der Waals surface area (Å²) >= 11 is 0. The number of carbonyl (C=O) groups is 2. The number of sulfone groups is 1. The van der Waals surface area contributed by atoms with Crippen molar-refractivity contribution in [3.63, 3.8) is 0 Å². The minimum absolute atomic E-state index is 0.0191. The van der Waals surface area contributed by atoms with Crippen LogP contribution in [0.4, 0.5) is 0 Å². The SMILES string of the molecule is COc1ccccc1OCC(=O)NNC(=O)CC1CCS(=O)(=O)C1. The molecule has 0 aromatic heterocycles. The fraction of sp³-hybridized carbons (Fsp3) is 0.467. The molecule has 1 aromatic rings. The van der Waals surface area contributed by atoms with Crippen molar-refractivity contribution >= 4 is 21.7 Å². The summed E-state index contributed by atoms with van der Waals surface area (Å²) in [5.74, 6) is -0.114. The Morgan fingerprint density at radius 1 is 1.17 bits per heavy atom. The molecule has 1 unspecified atom stereocenters. The lowest BCUT2D eigenvalue weighted by atomic mass is 10.1. The number of hydrogen-bond acceptors (Lipinski definition) is 6. The summed E-state index contributed by atoms with van der Waals surface area (Å²) in [4.78, 5) is 23.4. The quantitative estimate of drug-likeness (QED) is 0.697. The molecule has 8 nitrogen and oxygen atoms in total. The number of hydrazine groups is 1. The van der Waals surface area contributed by atoms with Gasteiger partial charge in [-0.1, -0.05) is 12.1 Å². The fourth-order valence-electron chi connectivity index (χ4n) is 2.40. The predicted octanol–water partition coefficient (Wildman–Crippen LogP) is 0.0462. The predicted molar refractivity (Wildman–Crippen MR) is 86.2 cm³/mol. The number of ether oxygens (including phenoxy) is 2. The Balaban J connectivity index is 1.70. The third-order valence-electron chi connectivity index (χ3n) is 3.57. The van der Waals surface area contributed by atoms with Crippen molar-refractivity contribution in [3.8, 4) is 11.5 Å². The molecule has 24 heavy (non-hydrogen) atoms. The summed E-state index contributed by atoms with van der Waals surface area (Å²) in [6.45, 7) is -0.293.